The van der Waals surface area contributed by atoms with Gasteiger partial charge in [-0.2, -0.15) is 0 Å². The van der Waals surface area contributed by atoms with E-state index in [0.29, 0.717) is 19.3 Å². The van der Waals surface area contributed by atoms with Crippen LogP contribution in [0.15, 0.2) is 134 Å². The molecule has 0 fully saturated rings. The summed E-state index contributed by atoms with van der Waals surface area (Å²) in [5, 5.41) is 20.6. The normalized spacial score (nSPS) is 14.7. The fourth-order valence-electron chi connectivity index (χ4n) is 10.3. The first kappa shape index (κ1) is 96.7. The smallest absolute Gasteiger partial charge is 0.463 e. The average molecular weight is 1460 g/mol. The molecule has 0 aliphatic heterocycles. The van der Waals surface area contributed by atoms with E-state index in [1.54, 1.807) is 0 Å². The molecule has 18 heteroatoms. The first-order valence-corrected chi connectivity index (χ1v) is 42.5. The molecule has 101 heavy (non-hydrogen) atoms. The van der Waals surface area contributed by atoms with E-state index in [1.165, 1.54) is 122 Å². The average Bonchev–Trinajstić information content (AvgIpc) is 1.14. The monoisotopic (exact) mass is 1460 g/mol. The lowest BCUT2D eigenvalue weighted by molar-refractivity contribution is -0.161. The Balaban J connectivity index is 4.51. The zero-order valence-corrected chi connectivity index (χ0v) is 65.1. The molecule has 0 radical (unpaired) electrons. The number of unbranched alkanes of at least 4 members (excludes halogenated alkanes) is 29. The number of carbonyl (C=O) groups excluding carboxylic acids is 3. The summed E-state index contributed by atoms with van der Waals surface area (Å²) in [5.41, 5.74) is 0. The molecule has 0 amide bonds. The highest BCUT2D eigenvalue weighted by Crippen LogP contribution is 2.45. The van der Waals surface area contributed by atoms with Crippen LogP contribution in [0.5, 0.6) is 0 Å². The van der Waals surface area contributed by atoms with Gasteiger partial charge in [0.1, 0.15) is 25.4 Å². The van der Waals surface area contributed by atoms with Crippen molar-refractivity contribution in [1.29, 1.82) is 0 Å². The molecule has 0 saturated heterocycles. The van der Waals surface area contributed by atoms with E-state index in [4.69, 9.17) is 32.3 Å². The van der Waals surface area contributed by atoms with Gasteiger partial charge < -0.3 is 34.2 Å². The van der Waals surface area contributed by atoms with Gasteiger partial charge in [0.25, 0.3) is 0 Å². The maximum absolute atomic E-state index is 12.9. The SMILES string of the molecule is CC/C=C\C/C=C\C/C=C\C/C=C\C/C=C\CCCCCC(=O)OCC(COP(=O)(O)OCC(O)COP(=O)(O)OCC(O)COC(=O)CCCCCCCCCCCCCCCCC/C=C\C/C=C\C/C=C\C/C=C\CCCCC)OC(=O)CCCCCCC/C=C\C/C=C\CCCCC. The van der Waals surface area contributed by atoms with Gasteiger partial charge in [-0.1, -0.05) is 289 Å². The van der Waals surface area contributed by atoms with Gasteiger partial charge in [0, 0.05) is 19.3 Å². The van der Waals surface area contributed by atoms with Gasteiger partial charge in [0.2, 0.25) is 0 Å². The zero-order valence-electron chi connectivity index (χ0n) is 63.3. The quantitative estimate of drug-likeness (QED) is 0.0146. The van der Waals surface area contributed by atoms with Gasteiger partial charge >= 0.3 is 33.6 Å². The van der Waals surface area contributed by atoms with Crippen molar-refractivity contribution in [2.45, 2.75) is 334 Å². The van der Waals surface area contributed by atoms with Crippen molar-refractivity contribution in [3.05, 3.63) is 134 Å². The number of phosphoric ester groups is 2. The van der Waals surface area contributed by atoms with Gasteiger partial charge in [-0.25, -0.2) is 9.13 Å². The largest absolute Gasteiger partial charge is 0.472 e. The Hall–Kier alpha value is -4.31. The van der Waals surface area contributed by atoms with Crippen molar-refractivity contribution in [3.63, 3.8) is 0 Å². The second-order valence-electron chi connectivity index (χ2n) is 26.1. The van der Waals surface area contributed by atoms with Crippen LogP contribution in [-0.4, -0.2) is 95.9 Å². The number of esters is 3. The molecule has 5 unspecified atom stereocenters. The van der Waals surface area contributed by atoms with Crippen LogP contribution < -0.4 is 0 Å². The van der Waals surface area contributed by atoms with Crippen LogP contribution in [0.4, 0.5) is 0 Å². The van der Waals surface area contributed by atoms with Crippen LogP contribution in [0.2, 0.25) is 0 Å². The number of phosphoric acid groups is 2. The van der Waals surface area contributed by atoms with Crippen LogP contribution in [0, 0.1) is 0 Å². The van der Waals surface area contributed by atoms with Crippen LogP contribution in [0.25, 0.3) is 0 Å². The third-order valence-electron chi connectivity index (χ3n) is 16.3. The van der Waals surface area contributed by atoms with Gasteiger partial charge in [-0.15, -0.1) is 0 Å². The lowest BCUT2D eigenvalue weighted by Crippen LogP contribution is -2.30. The molecule has 5 atom stereocenters. The lowest BCUT2D eigenvalue weighted by Gasteiger charge is -2.21. The summed E-state index contributed by atoms with van der Waals surface area (Å²) < 4.78 is 61.1. The maximum atomic E-state index is 12.9. The molecule has 0 aromatic heterocycles. The van der Waals surface area contributed by atoms with Crippen molar-refractivity contribution in [2.24, 2.45) is 0 Å². The molecule has 0 bridgehead atoms. The molecule has 0 heterocycles. The number of rotatable bonds is 74. The first-order valence-electron chi connectivity index (χ1n) is 39.5. The Morgan fingerprint density at radius 2 is 0.525 bits per heavy atom. The fourth-order valence-corrected chi connectivity index (χ4v) is 11.9. The molecule has 0 aliphatic rings. The molecule has 16 nitrogen and oxygen atoms in total. The maximum Gasteiger partial charge on any atom is 0.472 e. The Labute approximate surface area is 614 Å². The summed E-state index contributed by atoms with van der Waals surface area (Å²) in [7, 11) is -9.80. The summed E-state index contributed by atoms with van der Waals surface area (Å²) in [6.45, 7) is 2.46. The minimum absolute atomic E-state index is 0.0780. The third kappa shape index (κ3) is 76.6. The first-order chi connectivity index (χ1) is 49.2. The summed E-state index contributed by atoms with van der Waals surface area (Å²) in [4.78, 5) is 58.6. The van der Waals surface area contributed by atoms with Crippen LogP contribution in [0.1, 0.15) is 316 Å². The van der Waals surface area contributed by atoms with E-state index in [9.17, 15) is 43.5 Å². The van der Waals surface area contributed by atoms with E-state index in [0.717, 1.165) is 135 Å². The number of aliphatic hydroxyl groups excluding tert-OH is 2. The zero-order chi connectivity index (χ0) is 73.7. The van der Waals surface area contributed by atoms with Crippen molar-refractivity contribution in [3.8, 4) is 0 Å². The van der Waals surface area contributed by atoms with Crippen molar-refractivity contribution in [1.82, 2.24) is 0 Å². The van der Waals surface area contributed by atoms with E-state index in [2.05, 4.69) is 154 Å². The summed E-state index contributed by atoms with van der Waals surface area (Å²) >= 11 is 0. The number of carbonyl (C=O) groups is 3. The predicted molar refractivity (Wildman–Crippen MR) is 417 cm³/mol. The number of ether oxygens (including phenoxy) is 3. The minimum Gasteiger partial charge on any atom is -0.463 e. The van der Waals surface area contributed by atoms with E-state index >= 15 is 0 Å². The Morgan fingerprint density at radius 1 is 0.287 bits per heavy atom. The van der Waals surface area contributed by atoms with Crippen molar-refractivity contribution in [2.75, 3.05) is 39.6 Å². The Morgan fingerprint density at radius 3 is 0.842 bits per heavy atom. The van der Waals surface area contributed by atoms with E-state index in [1.807, 2.05) is 0 Å². The molecule has 0 spiro atoms. The highest BCUT2D eigenvalue weighted by Gasteiger charge is 2.29. The highest BCUT2D eigenvalue weighted by molar-refractivity contribution is 7.47. The van der Waals surface area contributed by atoms with E-state index in [-0.39, 0.29) is 19.3 Å². The molecular formula is C83H142O16P2. The standard InChI is InChI=1S/C83H142O16P2/c1-4-7-10-13-16-19-22-25-28-30-32-33-34-35-36-37-38-39-40-41-42-43-45-47-49-51-54-57-60-63-66-69-81(86)93-72-78(84)73-95-100(89,90)96-74-79(85)75-97-101(91,92)98-77-80(99-83(88)71-68-65-62-59-56-53-48-27-24-21-18-15-12-9-6-3)76-94-82(87)70-67-64-61-58-55-52-50-46-44-31-29-26-23-20-17-14-11-8-5-2/h8,11,16-21,25-29,32-33,35-36,44,46,48,52,55,78-80,84-85H,4-7,9-10,12-15,22-24,30-31,34,37-43,45,47,49-51,53-54,56-77H2,1-3H3,(H,89,90)(H,91,92)/b11-8-,19-16-,20-17-,21-18-,28-25-,29-26-,33-32-,36-35-,46-44-,48-27-,55-52-. The van der Waals surface area contributed by atoms with Gasteiger partial charge in [0.05, 0.1) is 26.4 Å². The number of hydrogen-bond acceptors (Lipinski definition) is 14. The molecule has 0 aromatic carbocycles. The number of hydrogen-bond donors (Lipinski definition) is 4. The predicted octanol–water partition coefficient (Wildman–Crippen LogP) is 23.1. The second kappa shape index (κ2) is 75.4. The van der Waals surface area contributed by atoms with Crippen LogP contribution in [-0.2, 0) is 55.8 Å². The minimum atomic E-state index is -4.94. The van der Waals surface area contributed by atoms with E-state index < -0.39 is 91.5 Å². The summed E-state index contributed by atoms with van der Waals surface area (Å²) in [6, 6.07) is 0. The fraction of sp³-hybridized carbons (Fsp3) is 0.699. The number of aliphatic hydroxyl groups is 2. The van der Waals surface area contributed by atoms with Crippen LogP contribution >= 0.6 is 15.6 Å². The highest BCUT2D eigenvalue weighted by atomic mass is 31.2. The van der Waals surface area contributed by atoms with Gasteiger partial charge in [-0.05, 0) is 141 Å². The second-order valence-corrected chi connectivity index (χ2v) is 29.0. The Kier molecular flexibility index (Phi) is 72.2. The van der Waals surface area contributed by atoms with Gasteiger partial charge in [-0.3, -0.25) is 32.5 Å². The molecular weight excluding hydrogens is 1310 g/mol. The molecule has 4 N–H and O–H groups in total. The Bertz CT molecular complexity index is 2370. The van der Waals surface area contributed by atoms with Crippen molar-refractivity contribution < 1.29 is 75.8 Å². The summed E-state index contributed by atoms with van der Waals surface area (Å²) in [5.74, 6) is -1.63. The molecule has 580 valence electrons. The molecule has 0 rings (SSSR count). The van der Waals surface area contributed by atoms with Gasteiger partial charge in [0.15, 0.2) is 6.10 Å². The topological polar surface area (TPSA) is 231 Å². The molecule has 0 saturated carbocycles. The summed E-state index contributed by atoms with van der Waals surface area (Å²) in [6.07, 6.45) is 90.8. The number of allylic oxidation sites excluding steroid dienone is 22. The van der Waals surface area contributed by atoms with Crippen molar-refractivity contribution >= 4 is 33.6 Å². The van der Waals surface area contributed by atoms with Crippen LogP contribution in [0.3, 0.4) is 0 Å². The molecule has 0 aromatic rings. The lowest BCUT2D eigenvalue weighted by atomic mass is 10.0. The molecule has 0 aliphatic carbocycles. The third-order valence-corrected chi connectivity index (χ3v) is 18.2.